The summed E-state index contributed by atoms with van der Waals surface area (Å²) in [5.41, 5.74) is 0.786. The van der Waals surface area contributed by atoms with Gasteiger partial charge in [0.2, 0.25) is 0 Å². The predicted octanol–water partition coefficient (Wildman–Crippen LogP) is 2.60. The Kier molecular flexibility index (Phi) is 5.00. The van der Waals surface area contributed by atoms with Gasteiger partial charge in [-0.25, -0.2) is 8.42 Å². The lowest BCUT2D eigenvalue weighted by Crippen LogP contribution is -2.37. The second-order valence-corrected chi connectivity index (χ2v) is 10.8. The van der Waals surface area contributed by atoms with E-state index in [4.69, 9.17) is 4.74 Å². The summed E-state index contributed by atoms with van der Waals surface area (Å²) in [6, 6.07) is 11.0. The summed E-state index contributed by atoms with van der Waals surface area (Å²) in [4.78, 5) is 19.6. The highest BCUT2D eigenvalue weighted by atomic mass is 32.2. The number of thioether (sulfide) groups is 1. The van der Waals surface area contributed by atoms with Gasteiger partial charge in [0.15, 0.2) is 15.0 Å². The van der Waals surface area contributed by atoms with Crippen LogP contribution in [0.3, 0.4) is 0 Å². The highest BCUT2D eigenvalue weighted by Gasteiger charge is 2.49. The standard InChI is InChI=1S/C18H18N2O4S3/c1-24-13-5-2-4-12(8-13)20-15-10-27(22,23)11-16(15)26-18(20)19-17(21)9-14-6-3-7-25-14/h2-8,15-16H,9-11H2,1H3/t15-,16+/m0/s1. The molecule has 142 valence electrons. The van der Waals surface area contributed by atoms with E-state index >= 15 is 0 Å². The largest absolute Gasteiger partial charge is 0.497 e. The van der Waals surface area contributed by atoms with Crippen molar-refractivity contribution < 1.29 is 17.9 Å². The molecule has 1 amide bonds. The predicted molar refractivity (Wildman–Crippen MR) is 110 cm³/mol. The Hall–Kier alpha value is -1.84. The van der Waals surface area contributed by atoms with E-state index in [-0.39, 0.29) is 35.1 Å². The molecule has 4 rings (SSSR count). The average molecular weight is 423 g/mol. The van der Waals surface area contributed by atoms with Crippen molar-refractivity contribution in [1.29, 1.82) is 0 Å². The molecule has 2 aliphatic rings. The minimum Gasteiger partial charge on any atom is -0.497 e. The summed E-state index contributed by atoms with van der Waals surface area (Å²) >= 11 is 2.90. The number of methoxy groups -OCH3 is 1. The van der Waals surface area contributed by atoms with Crippen LogP contribution in [0.1, 0.15) is 4.88 Å². The summed E-state index contributed by atoms with van der Waals surface area (Å²) in [5.74, 6) is 0.628. The van der Waals surface area contributed by atoms with Crippen molar-refractivity contribution in [3.63, 3.8) is 0 Å². The maximum absolute atomic E-state index is 12.4. The molecule has 1 aromatic carbocycles. The van der Waals surface area contributed by atoms with Crippen molar-refractivity contribution in [3.8, 4) is 5.75 Å². The molecule has 9 heteroatoms. The minimum absolute atomic E-state index is 0.0695. The van der Waals surface area contributed by atoms with Gasteiger partial charge in [-0.05, 0) is 23.6 Å². The van der Waals surface area contributed by atoms with Crippen LogP contribution >= 0.6 is 23.1 Å². The number of anilines is 1. The minimum atomic E-state index is -3.09. The zero-order chi connectivity index (χ0) is 19.0. The summed E-state index contributed by atoms with van der Waals surface area (Å²) in [6.07, 6.45) is 0.251. The Bertz CT molecular complexity index is 986. The number of aliphatic imine (C=N–C) groups is 1. The number of benzene rings is 1. The number of amidine groups is 1. The Labute approximate surface area is 166 Å². The van der Waals surface area contributed by atoms with Crippen molar-refractivity contribution in [3.05, 3.63) is 46.7 Å². The van der Waals surface area contributed by atoms with Gasteiger partial charge in [0.25, 0.3) is 5.91 Å². The van der Waals surface area contributed by atoms with Crippen LogP contribution in [0.15, 0.2) is 46.8 Å². The van der Waals surface area contributed by atoms with Crippen molar-refractivity contribution >= 4 is 49.7 Å². The molecule has 0 spiro atoms. The molecule has 2 aromatic rings. The number of amides is 1. The summed E-state index contributed by atoms with van der Waals surface area (Å²) in [5, 5.41) is 2.38. The van der Waals surface area contributed by atoms with Crippen molar-refractivity contribution in [2.24, 2.45) is 4.99 Å². The number of carbonyl (C=O) groups is 1. The summed E-state index contributed by atoms with van der Waals surface area (Å²) in [6.45, 7) is 0. The van der Waals surface area contributed by atoms with E-state index in [2.05, 4.69) is 4.99 Å². The van der Waals surface area contributed by atoms with E-state index in [1.165, 1.54) is 23.1 Å². The van der Waals surface area contributed by atoms with Crippen LogP contribution in [-0.2, 0) is 21.1 Å². The quantitative estimate of drug-likeness (QED) is 0.754. The number of fused-ring (bicyclic) bond motifs is 1. The van der Waals surface area contributed by atoms with Gasteiger partial charge in [-0.15, -0.1) is 11.3 Å². The molecule has 2 atom stereocenters. The first-order chi connectivity index (χ1) is 12.9. The third-order valence-corrected chi connectivity index (χ3v) is 8.61. The van der Waals surface area contributed by atoms with E-state index in [0.29, 0.717) is 10.9 Å². The Morgan fingerprint density at radius 3 is 2.89 bits per heavy atom. The van der Waals surface area contributed by atoms with Crippen LogP contribution in [0, 0.1) is 0 Å². The Morgan fingerprint density at radius 2 is 2.15 bits per heavy atom. The molecule has 2 fully saturated rings. The maximum atomic E-state index is 12.4. The molecule has 0 bridgehead atoms. The number of sulfone groups is 1. The third kappa shape index (κ3) is 3.90. The van der Waals surface area contributed by atoms with E-state index in [9.17, 15) is 13.2 Å². The van der Waals surface area contributed by atoms with Gasteiger partial charge < -0.3 is 9.64 Å². The van der Waals surface area contributed by atoms with Crippen LogP contribution < -0.4 is 9.64 Å². The number of hydrogen-bond acceptors (Lipinski definition) is 6. The first-order valence-corrected chi connectivity index (χ1v) is 12.0. The van der Waals surface area contributed by atoms with Gasteiger partial charge in [0.05, 0.1) is 31.1 Å². The third-order valence-electron chi connectivity index (χ3n) is 4.52. The molecule has 0 unspecified atom stereocenters. The molecule has 2 aliphatic heterocycles. The Balaban J connectivity index is 1.67. The molecular formula is C18H18N2O4S3. The molecule has 2 saturated heterocycles. The van der Waals surface area contributed by atoms with Crippen LogP contribution in [0.4, 0.5) is 5.69 Å². The van der Waals surface area contributed by atoms with E-state index in [0.717, 1.165) is 10.6 Å². The molecule has 0 N–H and O–H groups in total. The molecule has 6 nitrogen and oxygen atoms in total. The fourth-order valence-electron chi connectivity index (χ4n) is 3.34. The zero-order valence-electron chi connectivity index (χ0n) is 14.6. The lowest BCUT2D eigenvalue weighted by atomic mass is 10.2. The monoisotopic (exact) mass is 422 g/mol. The van der Waals surface area contributed by atoms with Crippen molar-refractivity contribution in [2.45, 2.75) is 17.7 Å². The second-order valence-electron chi connectivity index (χ2n) is 6.42. The molecule has 1 aromatic heterocycles. The van der Waals surface area contributed by atoms with Gasteiger partial charge in [-0.2, -0.15) is 4.99 Å². The number of ether oxygens (including phenoxy) is 1. The van der Waals surface area contributed by atoms with E-state index in [1.54, 1.807) is 7.11 Å². The topological polar surface area (TPSA) is 76.0 Å². The van der Waals surface area contributed by atoms with Crippen LogP contribution in [0.25, 0.3) is 0 Å². The first kappa shape index (κ1) is 18.5. The zero-order valence-corrected chi connectivity index (χ0v) is 17.0. The molecule has 0 aliphatic carbocycles. The number of hydrogen-bond donors (Lipinski definition) is 0. The Morgan fingerprint density at radius 1 is 1.30 bits per heavy atom. The van der Waals surface area contributed by atoms with Gasteiger partial charge in [0.1, 0.15) is 5.75 Å². The normalized spacial score (nSPS) is 24.9. The number of rotatable bonds is 4. The fraction of sp³-hybridized carbons (Fsp3) is 0.333. The molecule has 0 radical (unpaired) electrons. The van der Waals surface area contributed by atoms with Crippen molar-refractivity contribution in [1.82, 2.24) is 0 Å². The van der Waals surface area contributed by atoms with Crippen molar-refractivity contribution in [2.75, 3.05) is 23.5 Å². The van der Waals surface area contributed by atoms with E-state index < -0.39 is 9.84 Å². The van der Waals surface area contributed by atoms with Crippen LogP contribution in [0.5, 0.6) is 5.75 Å². The molecular weight excluding hydrogens is 404 g/mol. The highest BCUT2D eigenvalue weighted by molar-refractivity contribution is 8.16. The number of carbonyl (C=O) groups excluding carboxylic acids is 1. The summed E-state index contributed by atoms with van der Waals surface area (Å²) < 4.78 is 29.5. The molecule has 0 saturated carbocycles. The highest BCUT2D eigenvalue weighted by Crippen LogP contribution is 2.41. The second kappa shape index (κ2) is 7.29. The van der Waals surface area contributed by atoms with Gasteiger partial charge in [-0.1, -0.05) is 23.9 Å². The van der Waals surface area contributed by atoms with Gasteiger partial charge in [-0.3, -0.25) is 4.79 Å². The summed E-state index contributed by atoms with van der Waals surface area (Å²) in [7, 11) is -1.50. The van der Waals surface area contributed by atoms with Crippen LogP contribution in [-0.4, -0.2) is 49.4 Å². The average Bonchev–Trinajstić information content (AvgIpc) is 3.29. The van der Waals surface area contributed by atoms with Gasteiger partial charge >= 0.3 is 0 Å². The lowest BCUT2D eigenvalue weighted by molar-refractivity contribution is -0.117. The smallest absolute Gasteiger partial charge is 0.253 e. The lowest BCUT2D eigenvalue weighted by Gasteiger charge is -2.24. The SMILES string of the molecule is COc1cccc(N2C(=NC(=O)Cc3cccs3)S[C@@H]3CS(=O)(=O)C[C@@H]32)c1. The first-order valence-electron chi connectivity index (χ1n) is 8.39. The number of thiophene rings is 1. The number of nitrogens with zero attached hydrogens (tertiary/aromatic N) is 2. The molecule has 27 heavy (non-hydrogen) atoms. The van der Waals surface area contributed by atoms with Crippen LogP contribution in [0.2, 0.25) is 0 Å². The van der Waals surface area contributed by atoms with Gasteiger partial charge in [0, 0.05) is 21.9 Å². The maximum Gasteiger partial charge on any atom is 0.253 e. The fourth-order valence-corrected chi connectivity index (χ4v) is 7.96. The molecule has 3 heterocycles. The van der Waals surface area contributed by atoms with E-state index in [1.807, 2.05) is 46.7 Å².